The number of nitrogen functional groups attached to an aromatic ring is 1. The van der Waals surface area contributed by atoms with E-state index in [1.54, 1.807) is 17.2 Å². The molecule has 4 rings (SSSR count). The molecule has 2 aromatic heterocycles. The molecular formula is C24H30N6O3. The lowest BCUT2D eigenvalue weighted by atomic mass is 10.0. The molecule has 3 aromatic rings. The van der Waals surface area contributed by atoms with Crippen molar-refractivity contribution >= 4 is 28.9 Å². The lowest BCUT2D eigenvalue weighted by Gasteiger charge is -2.33. The van der Waals surface area contributed by atoms with Crippen LogP contribution in [0.25, 0.3) is 22.4 Å². The van der Waals surface area contributed by atoms with E-state index in [0.29, 0.717) is 54.2 Å². The van der Waals surface area contributed by atoms with Gasteiger partial charge in [-0.05, 0) is 64.3 Å². The first-order valence-electron chi connectivity index (χ1n) is 11.1. The van der Waals surface area contributed by atoms with Crippen LogP contribution >= 0.6 is 0 Å². The van der Waals surface area contributed by atoms with Gasteiger partial charge in [0.1, 0.15) is 22.8 Å². The van der Waals surface area contributed by atoms with Crippen molar-refractivity contribution in [1.29, 1.82) is 0 Å². The first-order chi connectivity index (χ1) is 15.6. The van der Waals surface area contributed by atoms with Crippen molar-refractivity contribution in [3.63, 3.8) is 0 Å². The lowest BCUT2D eigenvalue weighted by Crippen LogP contribution is -2.47. The number of nitrogens with zero attached hydrogens (tertiary/aromatic N) is 3. The summed E-state index contributed by atoms with van der Waals surface area (Å²) in [6.07, 6.45) is 2.72. The predicted molar refractivity (Wildman–Crippen MR) is 127 cm³/mol. The topological polar surface area (TPSA) is 126 Å². The Hall–Kier alpha value is -3.62. The first kappa shape index (κ1) is 22.6. The van der Waals surface area contributed by atoms with Gasteiger partial charge in [0.05, 0.1) is 16.6 Å². The summed E-state index contributed by atoms with van der Waals surface area (Å²) in [5.41, 5.74) is 9.01. The van der Waals surface area contributed by atoms with Crippen LogP contribution < -0.4 is 11.1 Å². The van der Waals surface area contributed by atoms with Gasteiger partial charge in [0, 0.05) is 25.3 Å². The number of para-hydroxylation sites is 1. The SMILES string of the molecule is Cc1cnc(N)c(-c2nc3c(C(=O)NC4CCN(C(=O)OC(C)(C)C)CC4)cccc3[nH]2)c1. The van der Waals surface area contributed by atoms with Crippen molar-refractivity contribution in [3.05, 3.63) is 41.6 Å². The van der Waals surface area contributed by atoms with Gasteiger partial charge in [0.2, 0.25) is 0 Å². The van der Waals surface area contributed by atoms with Crippen molar-refractivity contribution in [2.45, 2.75) is 52.2 Å². The van der Waals surface area contributed by atoms with Crippen LogP contribution in [0.4, 0.5) is 10.6 Å². The molecule has 0 saturated carbocycles. The van der Waals surface area contributed by atoms with Gasteiger partial charge in [-0.15, -0.1) is 0 Å². The largest absolute Gasteiger partial charge is 0.444 e. The molecule has 9 nitrogen and oxygen atoms in total. The number of H-pyrrole nitrogens is 1. The maximum Gasteiger partial charge on any atom is 0.410 e. The van der Waals surface area contributed by atoms with E-state index in [4.69, 9.17) is 10.5 Å². The van der Waals surface area contributed by atoms with E-state index >= 15 is 0 Å². The molecule has 0 bridgehead atoms. The minimum absolute atomic E-state index is 0.0264. The molecule has 0 atom stereocenters. The van der Waals surface area contributed by atoms with E-state index in [9.17, 15) is 9.59 Å². The lowest BCUT2D eigenvalue weighted by molar-refractivity contribution is 0.0199. The highest BCUT2D eigenvalue weighted by Gasteiger charge is 2.28. The smallest absolute Gasteiger partial charge is 0.410 e. The molecule has 1 aromatic carbocycles. The second kappa shape index (κ2) is 8.73. The van der Waals surface area contributed by atoms with Crippen LogP contribution in [0.3, 0.4) is 0 Å². The molecule has 1 saturated heterocycles. The normalized spacial score (nSPS) is 15.0. The summed E-state index contributed by atoms with van der Waals surface area (Å²) in [4.78, 5) is 39.2. The number of nitrogens with two attached hydrogens (primary N) is 1. The number of aromatic amines is 1. The molecular weight excluding hydrogens is 420 g/mol. The molecule has 33 heavy (non-hydrogen) atoms. The average molecular weight is 451 g/mol. The predicted octanol–water partition coefficient (Wildman–Crippen LogP) is 3.64. The summed E-state index contributed by atoms with van der Waals surface area (Å²) in [6, 6.07) is 7.35. The van der Waals surface area contributed by atoms with Gasteiger partial charge in [0.15, 0.2) is 0 Å². The van der Waals surface area contributed by atoms with Crippen LogP contribution in [0.5, 0.6) is 0 Å². The molecule has 0 radical (unpaired) electrons. The van der Waals surface area contributed by atoms with Gasteiger partial charge in [0.25, 0.3) is 5.91 Å². The number of hydrogen-bond donors (Lipinski definition) is 3. The number of fused-ring (bicyclic) bond motifs is 1. The molecule has 1 aliphatic rings. The van der Waals surface area contributed by atoms with Crippen LogP contribution in [-0.4, -0.2) is 56.6 Å². The highest BCUT2D eigenvalue weighted by molar-refractivity contribution is 6.05. The summed E-state index contributed by atoms with van der Waals surface area (Å²) in [7, 11) is 0. The number of imidazole rings is 1. The maximum absolute atomic E-state index is 13.1. The monoisotopic (exact) mass is 450 g/mol. The Morgan fingerprint density at radius 1 is 1.24 bits per heavy atom. The quantitative estimate of drug-likeness (QED) is 0.559. The second-order valence-corrected chi connectivity index (χ2v) is 9.45. The number of benzene rings is 1. The summed E-state index contributed by atoms with van der Waals surface area (Å²) < 4.78 is 5.44. The molecule has 174 valence electrons. The van der Waals surface area contributed by atoms with E-state index in [1.165, 1.54) is 0 Å². The molecule has 0 spiro atoms. The average Bonchev–Trinajstić information content (AvgIpc) is 3.18. The summed E-state index contributed by atoms with van der Waals surface area (Å²) >= 11 is 0. The number of likely N-dealkylation sites (tertiary alicyclic amines) is 1. The molecule has 1 aliphatic heterocycles. The number of carbonyl (C=O) groups is 2. The number of rotatable bonds is 3. The Labute approximate surface area is 192 Å². The van der Waals surface area contributed by atoms with Crippen molar-refractivity contribution in [3.8, 4) is 11.4 Å². The number of aryl methyl sites for hydroxylation is 1. The molecule has 3 heterocycles. The third-order valence-electron chi connectivity index (χ3n) is 5.55. The standard InChI is InChI=1S/C24H30N6O3/c1-14-12-17(20(25)26-13-14)21-28-18-7-5-6-16(19(18)29-21)22(31)27-15-8-10-30(11-9-15)23(32)33-24(2,3)4/h5-7,12-13,15H,8-11H2,1-4H3,(H2,25,26)(H,27,31)(H,28,29). The van der Waals surface area contributed by atoms with Gasteiger partial charge >= 0.3 is 6.09 Å². The fraction of sp³-hybridized carbons (Fsp3) is 0.417. The zero-order chi connectivity index (χ0) is 23.8. The number of aromatic nitrogens is 3. The Bertz CT molecular complexity index is 1190. The third-order valence-corrected chi connectivity index (χ3v) is 5.55. The number of anilines is 1. The van der Waals surface area contributed by atoms with Gasteiger partial charge < -0.3 is 25.7 Å². The van der Waals surface area contributed by atoms with Crippen LogP contribution in [-0.2, 0) is 4.74 Å². The van der Waals surface area contributed by atoms with Gasteiger partial charge in [-0.25, -0.2) is 14.8 Å². The van der Waals surface area contributed by atoms with Crippen LogP contribution in [0.1, 0.15) is 49.5 Å². The van der Waals surface area contributed by atoms with Crippen LogP contribution in [0.2, 0.25) is 0 Å². The molecule has 4 N–H and O–H groups in total. The summed E-state index contributed by atoms with van der Waals surface area (Å²) in [5.74, 6) is 0.761. The molecule has 0 unspecified atom stereocenters. The fourth-order valence-corrected chi connectivity index (χ4v) is 3.91. The number of hydrogen-bond acceptors (Lipinski definition) is 6. The van der Waals surface area contributed by atoms with E-state index in [2.05, 4.69) is 20.3 Å². The zero-order valence-electron chi connectivity index (χ0n) is 19.4. The Balaban J connectivity index is 1.46. The number of ether oxygens (including phenoxy) is 1. The van der Waals surface area contributed by atoms with Crippen molar-refractivity contribution in [2.24, 2.45) is 0 Å². The van der Waals surface area contributed by atoms with E-state index < -0.39 is 5.60 Å². The highest BCUT2D eigenvalue weighted by atomic mass is 16.6. The minimum atomic E-state index is -0.525. The zero-order valence-corrected chi connectivity index (χ0v) is 19.4. The van der Waals surface area contributed by atoms with Crippen molar-refractivity contribution in [1.82, 2.24) is 25.2 Å². The first-order valence-corrected chi connectivity index (χ1v) is 11.1. The summed E-state index contributed by atoms with van der Waals surface area (Å²) in [5, 5.41) is 3.10. The van der Waals surface area contributed by atoms with E-state index in [-0.39, 0.29) is 18.0 Å². The molecule has 0 aliphatic carbocycles. The van der Waals surface area contributed by atoms with Crippen molar-refractivity contribution < 1.29 is 14.3 Å². The Morgan fingerprint density at radius 3 is 2.67 bits per heavy atom. The number of piperidine rings is 1. The molecule has 1 fully saturated rings. The Kier molecular flexibility index (Phi) is 5.97. The number of pyridine rings is 1. The summed E-state index contributed by atoms with van der Waals surface area (Å²) in [6.45, 7) is 8.56. The molecule has 9 heteroatoms. The van der Waals surface area contributed by atoms with Gasteiger partial charge in [-0.2, -0.15) is 0 Å². The van der Waals surface area contributed by atoms with Gasteiger partial charge in [-0.1, -0.05) is 6.07 Å². The van der Waals surface area contributed by atoms with Crippen molar-refractivity contribution in [2.75, 3.05) is 18.8 Å². The van der Waals surface area contributed by atoms with Gasteiger partial charge in [-0.3, -0.25) is 4.79 Å². The fourth-order valence-electron chi connectivity index (χ4n) is 3.91. The third kappa shape index (κ3) is 5.08. The van der Waals surface area contributed by atoms with Crippen LogP contribution in [0.15, 0.2) is 30.5 Å². The van der Waals surface area contributed by atoms with E-state index in [1.807, 2.05) is 45.9 Å². The minimum Gasteiger partial charge on any atom is -0.444 e. The van der Waals surface area contributed by atoms with E-state index in [0.717, 1.165) is 11.1 Å². The number of nitrogens with one attached hydrogen (secondary N) is 2. The number of carbonyl (C=O) groups excluding carboxylic acids is 2. The molecule has 2 amide bonds. The van der Waals surface area contributed by atoms with Crippen LogP contribution in [0, 0.1) is 6.92 Å². The highest BCUT2D eigenvalue weighted by Crippen LogP contribution is 2.27. The maximum atomic E-state index is 13.1. The Morgan fingerprint density at radius 2 is 1.97 bits per heavy atom. The number of amides is 2. The second-order valence-electron chi connectivity index (χ2n) is 9.45.